The Morgan fingerprint density at radius 3 is 2.43 bits per heavy atom. The minimum atomic E-state index is -0.158. The lowest BCUT2D eigenvalue weighted by Gasteiger charge is -2.22. The highest BCUT2D eigenvalue weighted by Gasteiger charge is 2.20. The Morgan fingerprint density at radius 2 is 1.79 bits per heavy atom. The third-order valence-electron chi connectivity index (χ3n) is 4.45. The van der Waals surface area contributed by atoms with Crippen molar-refractivity contribution >= 4 is 29.1 Å². The molecule has 6 nitrogen and oxygen atoms in total. The van der Waals surface area contributed by atoms with Crippen molar-refractivity contribution in [1.29, 1.82) is 0 Å². The molecular formula is C21H27ClN3O3+. The highest BCUT2D eigenvalue weighted by molar-refractivity contribution is 6.30. The van der Waals surface area contributed by atoms with E-state index in [0.717, 1.165) is 10.5 Å². The van der Waals surface area contributed by atoms with E-state index in [-0.39, 0.29) is 24.9 Å². The summed E-state index contributed by atoms with van der Waals surface area (Å²) in [5.74, 6) is 0.430. The van der Waals surface area contributed by atoms with Crippen LogP contribution in [-0.4, -0.2) is 50.5 Å². The fourth-order valence-electron chi connectivity index (χ4n) is 2.78. The predicted octanol–water partition coefficient (Wildman–Crippen LogP) is 1.85. The first-order valence-corrected chi connectivity index (χ1v) is 9.55. The van der Waals surface area contributed by atoms with Crippen LogP contribution in [0.2, 0.25) is 5.02 Å². The number of hydrogen-bond donors (Lipinski definition) is 2. The molecule has 2 amide bonds. The number of para-hydroxylation sites is 2. The molecule has 2 rings (SSSR count). The maximum absolute atomic E-state index is 12.6. The van der Waals surface area contributed by atoms with Crippen LogP contribution in [0.3, 0.4) is 0 Å². The quantitative estimate of drug-likeness (QED) is 0.670. The number of nitrogens with zero attached hydrogens (tertiary/aromatic N) is 1. The van der Waals surface area contributed by atoms with Crippen molar-refractivity contribution in [2.24, 2.45) is 0 Å². The molecule has 2 aromatic carbocycles. The van der Waals surface area contributed by atoms with Gasteiger partial charge < -0.3 is 19.9 Å². The topological polar surface area (TPSA) is 63.1 Å². The zero-order chi connectivity index (χ0) is 20.5. The number of carbonyl (C=O) groups is 2. The molecule has 1 unspecified atom stereocenters. The molecule has 0 fully saturated rings. The first-order valence-electron chi connectivity index (χ1n) is 9.17. The van der Waals surface area contributed by atoms with E-state index in [1.165, 1.54) is 0 Å². The van der Waals surface area contributed by atoms with E-state index in [2.05, 4.69) is 5.32 Å². The number of amides is 2. The summed E-state index contributed by atoms with van der Waals surface area (Å²) in [6, 6.07) is 14.7. The lowest BCUT2D eigenvalue weighted by molar-refractivity contribution is -0.882. The van der Waals surface area contributed by atoms with Gasteiger partial charge in [0.05, 0.1) is 19.3 Å². The normalized spacial score (nSPS) is 11.6. The van der Waals surface area contributed by atoms with Crippen LogP contribution in [0.25, 0.3) is 0 Å². The molecule has 150 valence electrons. The zero-order valence-corrected chi connectivity index (χ0v) is 17.3. The number of likely N-dealkylation sites (N-methyl/N-ethyl adjacent to an activating group) is 2. The number of ether oxygens (including phenoxy) is 1. The minimum Gasteiger partial charge on any atom is -0.495 e. The average Bonchev–Trinajstić information content (AvgIpc) is 2.69. The van der Waals surface area contributed by atoms with Gasteiger partial charge in [0.1, 0.15) is 5.75 Å². The van der Waals surface area contributed by atoms with Crippen LogP contribution in [0.4, 0.5) is 5.69 Å². The Bertz CT molecular complexity index is 796. The Labute approximate surface area is 171 Å². The van der Waals surface area contributed by atoms with Crippen molar-refractivity contribution in [3.8, 4) is 5.75 Å². The summed E-state index contributed by atoms with van der Waals surface area (Å²) in [6.07, 6.45) is 0. The smallest absolute Gasteiger partial charge is 0.279 e. The van der Waals surface area contributed by atoms with Crippen molar-refractivity contribution in [3.05, 3.63) is 59.1 Å². The average molecular weight is 405 g/mol. The number of nitrogens with one attached hydrogen (secondary N) is 2. The number of quaternary nitrogens is 1. The van der Waals surface area contributed by atoms with Gasteiger partial charge >= 0.3 is 0 Å². The van der Waals surface area contributed by atoms with E-state index < -0.39 is 0 Å². The van der Waals surface area contributed by atoms with Crippen LogP contribution in [0.1, 0.15) is 12.5 Å². The summed E-state index contributed by atoms with van der Waals surface area (Å²) in [4.78, 5) is 27.5. The second kappa shape index (κ2) is 10.7. The fourth-order valence-corrected chi connectivity index (χ4v) is 2.91. The van der Waals surface area contributed by atoms with E-state index in [0.29, 0.717) is 29.5 Å². The van der Waals surface area contributed by atoms with Gasteiger partial charge in [-0.3, -0.25) is 9.59 Å². The number of anilines is 1. The van der Waals surface area contributed by atoms with Crippen molar-refractivity contribution in [2.75, 3.05) is 39.1 Å². The van der Waals surface area contributed by atoms with Crippen molar-refractivity contribution in [3.63, 3.8) is 0 Å². The molecule has 0 bridgehead atoms. The summed E-state index contributed by atoms with van der Waals surface area (Å²) in [7, 11) is 3.32. The molecule has 0 aromatic heterocycles. The number of benzene rings is 2. The molecule has 0 spiro atoms. The highest BCUT2D eigenvalue weighted by atomic mass is 35.5. The fraction of sp³-hybridized carbons (Fsp3) is 0.333. The highest BCUT2D eigenvalue weighted by Crippen LogP contribution is 2.22. The Hall–Kier alpha value is -2.57. The van der Waals surface area contributed by atoms with Gasteiger partial charge in [-0.25, -0.2) is 0 Å². The van der Waals surface area contributed by atoms with E-state index in [9.17, 15) is 9.59 Å². The molecule has 28 heavy (non-hydrogen) atoms. The van der Waals surface area contributed by atoms with Gasteiger partial charge in [-0.2, -0.15) is 0 Å². The Balaban J connectivity index is 1.88. The van der Waals surface area contributed by atoms with Crippen LogP contribution in [0.15, 0.2) is 48.5 Å². The number of rotatable bonds is 9. The summed E-state index contributed by atoms with van der Waals surface area (Å²) < 4.78 is 5.25. The van der Waals surface area contributed by atoms with Crippen LogP contribution in [0, 0.1) is 0 Å². The summed E-state index contributed by atoms with van der Waals surface area (Å²) in [6.45, 7) is 3.58. The van der Waals surface area contributed by atoms with Gasteiger partial charge in [0.2, 0.25) is 0 Å². The molecule has 0 aliphatic heterocycles. The van der Waals surface area contributed by atoms with Crippen molar-refractivity contribution in [1.82, 2.24) is 4.90 Å². The standard InChI is InChI=1S/C21H26ClN3O3/c1-4-25(14-20(26)23-18-7-5-6-8-19(18)28-3)15-21(27)24(2)13-16-9-11-17(22)12-10-16/h5-12H,4,13-15H2,1-3H3,(H,23,26)/p+1. The van der Waals surface area contributed by atoms with Crippen molar-refractivity contribution < 1.29 is 19.2 Å². The van der Waals surface area contributed by atoms with Gasteiger partial charge in [-0.05, 0) is 36.8 Å². The maximum Gasteiger partial charge on any atom is 0.279 e. The molecule has 0 aliphatic rings. The van der Waals surface area contributed by atoms with Crippen LogP contribution >= 0.6 is 11.6 Å². The van der Waals surface area contributed by atoms with Crippen LogP contribution < -0.4 is 15.0 Å². The third kappa shape index (κ3) is 6.55. The Morgan fingerprint density at radius 1 is 1.11 bits per heavy atom. The predicted molar refractivity (Wildman–Crippen MR) is 111 cm³/mol. The van der Waals surface area contributed by atoms with Crippen LogP contribution in [0.5, 0.6) is 5.75 Å². The molecule has 0 saturated carbocycles. The molecule has 0 saturated heterocycles. The summed E-state index contributed by atoms with van der Waals surface area (Å²) in [5, 5.41) is 3.52. The summed E-state index contributed by atoms with van der Waals surface area (Å²) in [5.41, 5.74) is 1.63. The lowest BCUT2D eigenvalue weighted by atomic mass is 10.2. The van der Waals surface area contributed by atoms with E-state index in [1.807, 2.05) is 31.2 Å². The SMILES string of the molecule is CC[NH+](CC(=O)Nc1ccccc1OC)CC(=O)N(C)Cc1ccc(Cl)cc1. The summed E-state index contributed by atoms with van der Waals surface area (Å²) >= 11 is 5.89. The first-order chi connectivity index (χ1) is 13.4. The van der Waals surface area contributed by atoms with Gasteiger partial charge in [-0.1, -0.05) is 35.9 Å². The van der Waals surface area contributed by atoms with E-state index in [4.69, 9.17) is 16.3 Å². The third-order valence-corrected chi connectivity index (χ3v) is 4.70. The first kappa shape index (κ1) is 21.7. The molecule has 0 radical (unpaired) electrons. The van der Waals surface area contributed by atoms with Gasteiger partial charge in [0.15, 0.2) is 13.1 Å². The number of halogens is 1. The van der Waals surface area contributed by atoms with Gasteiger partial charge in [-0.15, -0.1) is 0 Å². The second-order valence-corrected chi connectivity index (χ2v) is 7.02. The van der Waals surface area contributed by atoms with E-state index >= 15 is 0 Å². The molecule has 0 heterocycles. The zero-order valence-electron chi connectivity index (χ0n) is 16.5. The second-order valence-electron chi connectivity index (χ2n) is 6.58. The largest absolute Gasteiger partial charge is 0.495 e. The Kier molecular flexibility index (Phi) is 8.29. The maximum atomic E-state index is 12.6. The molecule has 7 heteroatoms. The molecular weight excluding hydrogens is 378 g/mol. The number of carbonyl (C=O) groups excluding carboxylic acids is 2. The molecule has 2 aromatic rings. The lowest BCUT2D eigenvalue weighted by Crippen LogP contribution is -3.13. The van der Waals surface area contributed by atoms with Gasteiger partial charge in [0, 0.05) is 18.6 Å². The molecule has 0 aliphatic carbocycles. The van der Waals surface area contributed by atoms with E-state index in [1.54, 1.807) is 43.3 Å². The monoisotopic (exact) mass is 404 g/mol. The molecule has 2 N–H and O–H groups in total. The van der Waals surface area contributed by atoms with Gasteiger partial charge in [0.25, 0.3) is 11.8 Å². The number of hydrogen-bond acceptors (Lipinski definition) is 3. The molecule has 1 atom stereocenters. The number of methoxy groups -OCH3 is 1. The van der Waals surface area contributed by atoms with Crippen molar-refractivity contribution in [2.45, 2.75) is 13.5 Å². The minimum absolute atomic E-state index is 0.0168. The van der Waals surface area contributed by atoms with Crippen LogP contribution in [-0.2, 0) is 16.1 Å².